The van der Waals surface area contributed by atoms with E-state index in [1.807, 2.05) is 0 Å². The highest BCUT2D eigenvalue weighted by atomic mass is 15.1. The number of anilines is 3. The molecule has 1 aliphatic carbocycles. The van der Waals surface area contributed by atoms with Crippen molar-refractivity contribution >= 4 is 17.1 Å². The first-order valence-electron chi connectivity index (χ1n) is 20.2. The van der Waals surface area contributed by atoms with E-state index < -0.39 is 0 Å². The Morgan fingerprint density at radius 3 is 1.34 bits per heavy atom. The summed E-state index contributed by atoms with van der Waals surface area (Å²) in [5.41, 5.74) is 20.8. The second kappa shape index (κ2) is 14.7. The van der Waals surface area contributed by atoms with Gasteiger partial charge in [0.25, 0.3) is 0 Å². The molecule has 10 rings (SSSR count). The van der Waals surface area contributed by atoms with Gasteiger partial charge in [0.15, 0.2) is 0 Å². The smallest absolute Gasteiger partial charge is 0.0540 e. The Morgan fingerprint density at radius 2 is 0.724 bits per heavy atom. The maximum Gasteiger partial charge on any atom is 0.0540 e. The Morgan fingerprint density at radius 1 is 0.293 bits per heavy atom. The molecular weight excluding hydrogens is 699 g/mol. The lowest BCUT2D eigenvalue weighted by molar-refractivity contribution is 0.662. The Balaban J connectivity index is 1.09. The van der Waals surface area contributed by atoms with E-state index in [2.05, 4.69) is 243 Å². The fraction of sp³-hybridized carbons (Fsp3) is 0.0526. The summed E-state index contributed by atoms with van der Waals surface area (Å²) in [6, 6.07) is 81.6. The molecule has 0 N–H and O–H groups in total. The number of fused-ring (bicyclic) bond motifs is 3. The summed E-state index contributed by atoms with van der Waals surface area (Å²) in [6.07, 6.45) is 0. The summed E-state index contributed by atoms with van der Waals surface area (Å²) in [4.78, 5) is 2.39. The normalized spacial score (nSPS) is 12.4. The molecule has 9 aromatic carbocycles. The topological polar surface area (TPSA) is 3.24 Å². The molecule has 0 radical (unpaired) electrons. The zero-order valence-corrected chi connectivity index (χ0v) is 32.8. The van der Waals surface area contributed by atoms with Crippen molar-refractivity contribution in [1.29, 1.82) is 0 Å². The van der Waals surface area contributed by atoms with E-state index in [-0.39, 0.29) is 5.41 Å². The molecule has 0 spiro atoms. The average molecular weight is 742 g/mol. The number of para-hydroxylation sites is 1. The van der Waals surface area contributed by atoms with Crippen LogP contribution >= 0.6 is 0 Å². The Bertz CT molecular complexity index is 2870. The fourth-order valence-electron chi connectivity index (χ4n) is 9.08. The van der Waals surface area contributed by atoms with Gasteiger partial charge < -0.3 is 4.90 Å². The van der Waals surface area contributed by atoms with Crippen LogP contribution in [-0.2, 0) is 5.41 Å². The summed E-state index contributed by atoms with van der Waals surface area (Å²) in [7, 11) is 0. The number of nitrogens with zero attached hydrogens (tertiary/aromatic N) is 1. The van der Waals surface area contributed by atoms with Crippen molar-refractivity contribution in [2.24, 2.45) is 0 Å². The summed E-state index contributed by atoms with van der Waals surface area (Å²) in [6.45, 7) is 4.76. The fourth-order valence-corrected chi connectivity index (χ4v) is 9.08. The highest BCUT2D eigenvalue weighted by Crippen LogP contribution is 2.53. The molecule has 0 heterocycles. The molecular formula is C57H43N. The third-order valence-corrected chi connectivity index (χ3v) is 11.9. The summed E-state index contributed by atoms with van der Waals surface area (Å²) < 4.78 is 0. The minimum Gasteiger partial charge on any atom is -0.310 e. The van der Waals surface area contributed by atoms with E-state index in [0.717, 1.165) is 17.1 Å². The lowest BCUT2D eigenvalue weighted by Crippen LogP contribution is -2.16. The van der Waals surface area contributed by atoms with Crippen LogP contribution in [0.4, 0.5) is 17.1 Å². The van der Waals surface area contributed by atoms with E-state index in [9.17, 15) is 0 Å². The van der Waals surface area contributed by atoms with Gasteiger partial charge in [-0.3, -0.25) is 0 Å². The van der Waals surface area contributed by atoms with E-state index in [1.54, 1.807) is 0 Å². The number of hydrogen-bond donors (Lipinski definition) is 0. The molecule has 0 bridgehead atoms. The van der Waals surface area contributed by atoms with Crippen LogP contribution in [0.1, 0.15) is 25.0 Å². The Kier molecular flexibility index (Phi) is 8.92. The molecule has 1 nitrogen and oxygen atoms in total. The summed E-state index contributed by atoms with van der Waals surface area (Å²) in [5.74, 6) is 0. The van der Waals surface area contributed by atoms with Gasteiger partial charge in [-0.05, 0) is 109 Å². The van der Waals surface area contributed by atoms with Crippen LogP contribution in [0.15, 0.2) is 224 Å². The molecule has 0 amide bonds. The van der Waals surface area contributed by atoms with Crippen molar-refractivity contribution in [2.75, 3.05) is 4.90 Å². The van der Waals surface area contributed by atoms with Gasteiger partial charge in [-0.25, -0.2) is 0 Å². The SMILES string of the molecule is CC1(C)c2ccccc2-c2cccc(-c3cc(-c4ccc(N(c5ccc(-c6ccccc6)cc5)c5ccccc5-c5ccccc5)cc4)ccc3-c3ccccc3)c21. The maximum absolute atomic E-state index is 2.41. The number of hydrogen-bond acceptors (Lipinski definition) is 1. The largest absolute Gasteiger partial charge is 0.310 e. The molecule has 1 aliphatic rings. The van der Waals surface area contributed by atoms with Gasteiger partial charge in [-0.15, -0.1) is 0 Å². The molecule has 9 aromatic rings. The van der Waals surface area contributed by atoms with Crippen LogP contribution in [0.3, 0.4) is 0 Å². The molecule has 0 aliphatic heterocycles. The van der Waals surface area contributed by atoms with Gasteiger partial charge in [0.2, 0.25) is 0 Å². The van der Waals surface area contributed by atoms with Crippen LogP contribution in [0, 0.1) is 0 Å². The van der Waals surface area contributed by atoms with E-state index in [0.29, 0.717) is 0 Å². The lowest BCUT2D eigenvalue weighted by Gasteiger charge is -2.28. The minimum atomic E-state index is -0.132. The van der Waals surface area contributed by atoms with Crippen molar-refractivity contribution in [2.45, 2.75) is 19.3 Å². The van der Waals surface area contributed by atoms with Crippen LogP contribution < -0.4 is 4.90 Å². The highest BCUT2D eigenvalue weighted by Gasteiger charge is 2.37. The average Bonchev–Trinajstić information content (AvgIpc) is 3.54. The molecule has 0 fully saturated rings. The van der Waals surface area contributed by atoms with Crippen LogP contribution in [0.25, 0.3) is 66.8 Å². The number of rotatable bonds is 8. The van der Waals surface area contributed by atoms with Gasteiger partial charge in [0.1, 0.15) is 0 Å². The first kappa shape index (κ1) is 35.2. The first-order valence-corrected chi connectivity index (χ1v) is 20.2. The van der Waals surface area contributed by atoms with Gasteiger partial charge in [0.05, 0.1) is 5.69 Å². The van der Waals surface area contributed by atoms with Gasteiger partial charge in [-0.2, -0.15) is 0 Å². The summed E-state index contributed by atoms with van der Waals surface area (Å²) in [5, 5.41) is 0. The van der Waals surface area contributed by atoms with E-state index in [1.165, 1.54) is 77.9 Å². The van der Waals surface area contributed by atoms with E-state index in [4.69, 9.17) is 0 Å². The predicted molar refractivity (Wildman–Crippen MR) is 246 cm³/mol. The Labute approximate surface area is 342 Å². The third kappa shape index (κ3) is 6.22. The minimum absolute atomic E-state index is 0.132. The third-order valence-electron chi connectivity index (χ3n) is 11.9. The predicted octanol–water partition coefficient (Wildman–Crippen LogP) is 15.8. The molecule has 1 heteroatoms. The van der Waals surface area contributed by atoms with Crippen molar-refractivity contribution in [3.63, 3.8) is 0 Å². The number of benzene rings is 9. The molecule has 0 aromatic heterocycles. The van der Waals surface area contributed by atoms with Gasteiger partial charge in [-0.1, -0.05) is 202 Å². The Hall–Kier alpha value is -7.22. The molecule has 0 unspecified atom stereocenters. The van der Waals surface area contributed by atoms with E-state index >= 15 is 0 Å². The molecule has 0 saturated carbocycles. The molecule has 0 saturated heterocycles. The van der Waals surface area contributed by atoms with Crippen LogP contribution in [0.2, 0.25) is 0 Å². The molecule has 58 heavy (non-hydrogen) atoms. The maximum atomic E-state index is 2.41. The standard InChI is InChI=1S/C57H43N/c1-57(2)54-27-14-12-24-50(54)51-25-16-26-52(56(51)57)53-39-45(33-38-48(53)43-19-8-4-9-20-43)42-31-36-47(37-32-42)58(46-34-29-41(30-35-46)40-17-6-3-7-18-40)55-28-15-13-23-49(55)44-21-10-5-11-22-44/h3-39H,1-2H3. The quantitative estimate of drug-likeness (QED) is 0.150. The highest BCUT2D eigenvalue weighted by molar-refractivity contribution is 5.95. The lowest BCUT2D eigenvalue weighted by atomic mass is 9.77. The van der Waals surface area contributed by atoms with Gasteiger partial charge in [0, 0.05) is 22.4 Å². The van der Waals surface area contributed by atoms with Crippen molar-refractivity contribution in [3.05, 3.63) is 236 Å². The zero-order valence-electron chi connectivity index (χ0n) is 32.8. The van der Waals surface area contributed by atoms with Crippen LogP contribution in [0.5, 0.6) is 0 Å². The van der Waals surface area contributed by atoms with Crippen molar-refractivity contribution in [1.82, 2.24) is 0 Å². The van der Waals surface area contributed by atoms with Gasteiger partial charge >= 0.3 is 0 Å². The molecule has 276 valence electrons. The second-order valence-electron chi connectivity index (χ2n) is 15.7. The second-order valence-corrected chi connectivity index (χ2v) is 15.7. The molecule has 0 atom stereocenters. The first-order chi connectivity index (χ1) is 28.5. The van der Waals surface area contributed by atoms with Crippen molar-refractivity contribution < 1.29 is 0 Å². The van der Waals surface area contributed by atoms with Crippen molar-refractivity contribution in [3.8, 4) is 66.8 Å². The monoisotopic (exact) mass is 741 g/mol. The zero-order chi connectivity index (χ0) is 39.1. The summed E-state index contributed by atoms with van der Waals surface area (Å²) >= 11 is 0. The van der Waals surface area contributed by atoms with Crippen LogP contribution in [-0.4, -0.2) is 0 Å².